The first-order valence-electron chi connectivity index (χ1n) is 10.5. The number of halogens is 3. The van der Waals surface area contributed by atoms with Crippen molar-refractivity contribution in [1.29, 1.82) is 0 Å². The van der Waals surface area contributed by atoms with E-state index in [1.165, 1.54) is 19.1 Å². The minimum absolute atomic E-state index is 0.0219. The lowest BCUT2D eigenvalue weighted by molar-refractivity contribution is -0.127. The number of fused-ring (bicyclic) bond motifs is 2. The Kier molecular flexibility index (Phi) is 5.82. The Hall–Kier alpha value is -1.33. The lowest BCUT2D eigenvalue weighted by Crippen LogP contribution is -2.42. The summed E-state index contributed by atoms with van der Waals surface area (Å²) in [5.74, 6) is -0.125. The molecule has 7 heteroatoms. The van der Waals surface area contributed by atoms with E-state index in [1.54, 1.807) is 0 Å². The quantitative estimate of drug-likeness (QED) is 0.619. The van der Waals surface area contributed by atoms with Crippen LogP contribution in [0.2, 0.25) is 10.0 Å². The Morgan fingerprint density at radius 1 is 1.17 bits per heavy atom. The van der Waals surface area contributed by atoms with Gasteiger partial charge in [-0.05, 0) is 74.8 Å². The fraction of sp³-hybridized carbons (Fsp3) is 0.636. The van der Waals surface area contributed by atoms with Crippen molar-refractivity contribution in [3.8, 4) is 0 Å². The van der Waals surface area contributed by atoms with Crippen LogP contribution in [0, 0.1) is 23.1 Å². The van der Waals surface area contributed by atoms with Gasteiger partial charge in [-0.15, -0.1) is 0 Å². The highest BCUT2D eigenvalue weighted by Gasteiger charge is 2.52. The fourth-order valence-corrected chi connectivity index (χ4v) is 6.31. The van der Waals surface area contributed by atoms with Gasteiger partial charge in [0.2, 0.25) is 11.8 Å². The van der Waals surface area contributed by atoms with Gasteiger partial charge >= 0.3 is 0 Å². The van der Waals surface area contributed by atoms with Gasteiger partial charge in [0.1, 0.15) is 5.82 Å². The zero-order valence-electron chi connectivity index (χ0n) is 16.6. The van der Waals surface area contributed by atoms with Crippen molar-refractivity contribution >= 4 is 35.0 Å². The van der Waals surface area contributed by atoms with E-state index < -0.39 is 11.9 Å². The molecule has 0 saturated heterocycles. The maximum absolute atomic E-state index is 14.9. The zero-order valence-corrected chi connectivity index (χ0v) is 18.1. The molecule has 4 nitrogen and oxygen atoms in total. The Labute approximate surface area is 180 Å². The van der Waals surface area contributed by atoms with Crippen LogP contribution in [0.5, 0.6) is 0 Å². The number of benzene rings is 1. The highest BCUT2D eigenvalue weighted by molar-refractivity contribution is 6.42. The molecule has 4 rings (SSSR count). The van der Waals surface area contributed by atoms with Crippen LogP contribution in [0.15, 0.2) is 12.1 Å². The highest BCUT2D eigenvalue weighted by atomic mass is 35.5. The molecule has 2 bridgehead atoms. The lowest BCUT2D eigenvalue weighted by atomic mass is 9.74. The fourth-order valence-electron chi connectivity index (χ4n) is 5.88. The van der Waals surface area contributed by atoms with Gasteiger partial charge in [0.15, 0.2) is 0 Å². The second-order valence-corrected chi connectivity index (χ2v) is 9.90. The zero-order chi connectivity index (χ0) is 20.8. The molecule has 0 aliphatic heterocycles. The van der Waals surface area contributed by atoms with Gasteiger partial charge < -0.3 is 10.6 Å². The van der Waals surface area contributed by atoms with Gasteiger partial charge in [0, 0.05) is 24.4 Å². The van der Waals surface area contributed by atoms with Crippen molar-refractivity contribution in [2.75, 3.05) is 0 Å². The van der Waals surface area contributed by atoms with Crippen LogP contribution in [-0.4, -0.2) is 17.9 Å². The molecule has 0 radical (unpaired) electrons. The number of nitrogens with one attached hydrogen (secondary N) is 2. The second kappa shape index (κ2) is 8.07. The largest absolute Gasteiger partial charge is 0.354 e. The number of carbonyl (C=O) groups is 2. The van der Waals surface area contributed by atoms with Crippen LogP contribution in [0.1, 0.15) is 69.9 Å². The Balaban J connectivity index is 1.60. The highest BCUT2D eigenvalue weighted by Crippen LogP contribution is 2.61. The summed E-state index contributed by atoms with van der Waals surface area (Å²) in [6.45, 7) is 1.49. The summed E-state index contributed by atoms with van der Waals surface area (Å²) < 4.78 is 14.9. The molecule has 1 aromatic rings. The van der Waals surface area contributed by atoms with E-state index in [-0.39, 0.29) is 34.2 Å². The lowest BCUT2D eigenvalue weighted by Gasteiger charge is -2.38. The standard InChI is InChI=1S/C22H27Cl2FN2O2/c1-12(28)26-15-3-2-14(10-15)21(29)27-20(22-8-6-13(11-22)7-9-22)18-17(25)5-4-16(23)19(18)24/h4-5,13-15,20H,2-3,6-11H2,1H3,(H,26,28)(H,27,29)/t13?,14-,15-,20-,22?/m0/s1. The molecule has 158 valence electrons. The van der Waals surface area contributed by atoms with Gasteiger partial charge in [0.05, 0.1) is 16.1 Å². The normalized spacial score (nSPS) is 31.7. The van der Waals surface area contributed by atoms with Crippen LogP contribution in [0.3, 0.4) is 0 Å². The van der Waals surface area contributed by atoms with Gasteiger partial charge in [-0.25, -0.2) is 4.39 Å². The topological polar surface area (TPSA) is 58.2 Å². The SMILES string of the molecule is CC(=O)N[C@H]1CC[C@H](C(=O)N[C@@H](c2c(F)ccc(Cl)c2Cl)C23CCC(CC2)C3)C1. The molecule has 2 amide bonds. The molecule has 0 aromatic heterocycles. The predicted octanol–water partition coefficient (Wildman–Crippen LogP) is 5.17. The van der Waals surface area contributed by atoms with Crippen LogP contribution in [-0.2, 0) is 9.59 Å². The van der Waals surface area contributed by atoms with E-state index >= 15 is 0 Å². The van der Waals surface area contributed by atoms with Gasteiger partial charge in [-0.1, -0.05) is 23.2 Å². The summed E-state index contributed by atoms with van der Waals surface area (Å²) >= 11 is 12.7. The molecule has 3 aliphatic rings. The molecule has 3 saturated carbocycles. The summed E-state index contributed by atoms with van der Waals surface area (Å²) in [6, 6.07) is 2.34. The number of hydrogen-bond acceptors (Lipinski definition) is 2. The van der Waals surface area contributed by atoms with Gasteiger partial charge in [-0.3, -0.25) is 9.59 Å². The molecule has 3 fully saturated rings. The van der Waals surface area contributed by atoms with Crippen LogP contribution in [0.4, 0.5) is 4.39 Å². The van der Waals surface area contributed by atoms with E-state index in [0.717, 1.165) is 38.5 Å². The number of amides is 2. The van der Waals surface area contributed by atoms with Crippen molar-refractivity contribution in [3.05, 3.63) is 33.6 Å². The summed E-state index contributed by atoms with van der Waals surface area (Å²) in [7, 11) is 0. The molecule has 3 atom stereocenters. The molecule has 0 heterocycles. The molecule has 0 spiro atoms. The molecule has 2 N–H and O–H groups in total. The average molecular weight is 441 g/mol. The monoisotopic (exact) mass is 440 g/mol. The second-order valence-electron chi connectivity index (χ2n) is 9.12. The molecule has 1 aromatic carbocycles. The Morgan fingerprint density at radius 2 is 1.90 bits per heavy atom. The first-order valence-corrected chi connectivity index (χ1v) is 11.3. The van der Waals surface area contributed by atoms with Crippen molar-refractivity contribution in [3.63, 3.8) is 0 Å². The van der Waals surface area contributed by atoms with E-state index in [1.807, 2.05) is 0 Å². The summed E-state index contributed by atoms with van der Waals surface area (Å²) in [5, 5.41) is 6.59. The van der Waals surface area contributed by atoms with Gasteiger partial charge in [0.25, 0.3) is 0 Å². The van der Waals surface area contributed by atoms with E-state index in [0.29, 0.717) is 29.3 Å². The summed E-state index contributed by atoms with van der Waals surface area (Å²) in [5.41, 5.74) is 0.164. The first kappa shape index (κ1) is 20.9. The average Bonchev–Trinajstić information content (AvgIpc) is 3.40. The first-order chi connectivity index (χ1) is 13.8. The van der Waals surface area contributed by atoms with Crippen molar-refractivity contribution < 1.29 is 14.0 Å². The number of rotatable bonds is 5. The van der Waals surface area contributed by atoms with E-state index in [9.17, 15) is 14.0 Å². The third-order valence-electron chi connectivity index (χ3n) is 7.27. The third kappa shape index (κ3) is 4.00. The molecule has 3 aliphatic carbocycles. The predicted molar refractivity (Wildman–Crippen MR) is 111 cm³/mol. The Bertz CT molecular complexity index is 823. The summed E-state index contributed by atoms with van der Waals surface area (Å²) in [6.07, 6.45) is 7.24. The smallest absolute Gasteiger partial charge is 0.223 e. The summed E-state index contributed by atoms with van der Waals surface area (Å²) in [4.78, 5) is 24.5. The van der Waals surface area contributed by atoms with Gasteiger partial charge in [-0.2, -0.15) is 0 Å². The minimum Gasteiger partial charge on any atom is -0.354 e. The van der Waals surface area contributed by atoms with E-state index in [2.05, 4.69) is 10.6 Å². The molecular weight excluding hydrogens is 414 g/mol. The molecular formula is C22H27Cl2FN2O2. The Morgan fingerprint density at radius 3 is 2.52 bits per heavy atom. The molecule has 0 unspecified atom stereocenters. The number of carbonyl (C=O) groups excluding carboxylic acids is 2. The van der Waals surface area contributed by atoms with Crippen molar-refractivity contribution in [2.45, 2.75) is 70.4 Å². The van der Waals surface area contributed by atoms with Crippen molar-refractivity contribution in [2.24, 2.45) is 17.3 Å². The van der Waals surface area contributed by atoms with Crippen LogP contribution < -0.4 is 10.6 Å². The van der Waals surface area contributed by atoms with E-state index in [4.69, 9.17) is 23.2 Å². The maximum atomic E-state index is 14.9. The number of hydrogen-bond donors (Lipinski definition) is 2. The van der Waals surface area contributed by atoms with Crippen LogP contribution in [0.25, 0.3) is 0 Å². The van der Waals surface area contributed by atoms with Crippen LogP contribution >= 0.6 is 23.2 Å². The van der Waals surface area contributed by atoms with Crippen molar-refractivity contribution in [1.82, 2.24) is 10.6 Å². The minimum atomic E-state index is -0.478. The molecule has 29 heavy (non-hydrogen) atoms. The maximum Gasteiger partial charge on any atom is 0.223 e. The third-order valence-corrected chi connectivity index (χ3v) is 8.09.